The van der Waals surface area contributed by atoms with Gasteiger partial charge in [0, 0.05) is 19.2 Å². The highest BCUT2D eigenvalue weighted by molar-refractivity contribution is 7.89. The standard InChI is InChI=1S/C13H16F3NO4S/c1-9-7-17(8-10(2)20-9)22(18,19)12-5-3-4-11(6-12)21-13(14,15)16/h3-6,9-10H,7-8H2,1-2H3. The fourth-order valence-electron chi connectivity index (χ4n) is 2.31. The topological polar surface area (TPSA) is 55.8 Å². The molecule has 9 heteroatoms. The maximum absolute atomic E-state index is 12.5. The molecule has 1 aliphatic heterocycles. The Balaban J connectivity index is 2.27. The summed E-state index contributed by atoms with van der Waals surface area (Å²) in [5, 5.41) is 0. The smallest absolute Gasteiger partial charge is 0.406 e. The van der Waals surface area contributed by atoms with Crippen LogP contribution in [-0.4, -0.2) is 44.4 Å². The molecule has 0 N–H and O–H groups in total. The van der Waals surface area contributed by atoms with Gasteiger partial charge in [0.2, 0.25) is 10.0 Å². The van der Waals surface area contributed by atoms with Gasteiger partial charge < -0.3 is 9.47 Å². The van der Waals surface area contributed by atoms with Crippen molar-refractivity contribution in [1.82, 2.24) is 4.31 Å². The molecule has 1 aromatic rings. The van der Waals surface area contributed by atoms with Crippen LogP contribution in [0.2, 0.25) is 0 Å². The summed E-state index contributed by atoms with van der Waals surface area (Å²) in [5.74, 6) is -0.567. The Morgan fingerprint density at radius 3 is 2.36 bits per heavy atom. The van der Waals surface area contributed by atoms with E-state index in [9.17, 15) is 21.6 Å². The van der Waals surface area contributed by atoms with Crippen molar-refractivity contribution in [2.24, 2.45) is 0 Å². The number of hydrogen-bond donors (Lipinski definition) is 0. The van der Waals surface area contributed by atoms with Crippen LogP contribution in [0.1, 0.15) is 13.8 Å². The van der Waals surface area contributed by atoms with Crippen molar-refractivity contribution in [2.75, 3.05) is 13.1 Å². The molecule has 0 bridgehead atoms. The average molecular weight is 339 g/mol. The van der Waals surface area contributed by atoms with E-state index < -0.39 is 22.1 Å². The van der Waals surface area contributed by atoms with Crippen molar-refractivity contribution in [1.29, 1.82) is 0 Å². The molecule has 2 unspecified atom stereocenters. The van der Waals surface area contributed by atoms with Gasteiger partial charge in [0.05, 0.1) is 17.1 Å². The summed E-state index contributed by atoms with van der Waals surface area (Å²) >= 11 is 0. The van der Waals surface area contributed by atoms with Gasteiger partial charge in [-0.3, -0.25) is 0 Å². The molecular formula is C13H16F3NO4S. The van der Waals surface area contributed by atoms with Crippen molar-refractivity contribution in [3.05, 3.63) is 24.3 Å². The summed E-state index contributed by atoms with van der Waals surface area (Å²) in [6, 6.07) is 4.37. The number of hydrogen-bond acceptors (Lipinski definition) is 4. The highest BCUT2D eigenvalue weighted by Crippen LogP contribution is 2.27. The van der Waals surface area contributed by atoms with Gasteiger partial charge in [0.25, 0.3) is 0 Å². The van der Waals surface area contributed by atoms with E-state index in [1.54, 1.807) is 13.8 Å². The van der Waals surface area contributed by atoms with E-state index in [4.69, 9.17) is 4.74 Å². The van der Waals surface area contributed by atoms with Crippen molar-refractivity contribution in [3.63, 3.8) is 0 Å². The minimum Gasteiger partial charge on any atom is -0.406 e. The summed E-state index contributed by atoms with van der Waals surface area (Å²) in [6.07, 6.45) is -5.44. The van der Waals surface area contributed by atoms with E-state index in [0.717, 1.165) is 12.1 Å². The van der Waals surface area contributed by atoms with Crippen LogP contribution in [0, 0.1) is 0 Å². The Bertz CT molecular complexity index is 622. The molecule has 1 saturated heterocycles. The molecule has 2 rings (SSSR count). The van der Waals surface area contributed by atoms with Crippen molar-refractivity contribution in [3.8, 4) is 5.75 Å². The normalized spacial score (nSPS) is 24.2. The van der Waals surface area contributed by atoms with E-state index >= 15 is 0 Å². The fraction of sp³-hybridized carbons (Fsp3) is 0.538. The highest BCUT2D eigenvalue weighted by Gasteiger charge is 2.34. The lowest BCUT2D eigenvalue weighted by molar-refractivity contribution is -0.274. The summed E-state index contributed by atoms with van der Waals surface area (Å²) in [4.78, 5) is -0.240. The molecule has 0 saturated carbocycles. The third-order valence-electron chi connectivity index (χ3n) is 3.06. The van der Waals surface area contributed by atoms with Crippen LogP contribution in [-0.2, 0) is 14.8 Å². The SMILES string of the molecule is CC1CN(S(=O)(=O)c2cccc(OC(F)(F)F)c2)CC(C)O1. The predicted octanol–water partition coefficient (Wildman–Crippen LogP) is 2.38. The third-order valence-corrected chi connectivity index (χ3v) is 4.89. The summed E-state index contributed by atoms with van der Waals surface area (Å²) in [5.41, 5.74) is 0. The van der Waals surface area contributed by atoms with E-state index in [1.807, 2.05) is 0 Å². The van der Waals surface area contributed by atoms with Crippen LogP contribution in [0.5, 0.6) is 5.75 Å². The Kier molecular flexibility index (Phi) is 4.69. The molecular weight excluding hydrogens is 323 g/mol. The van der Waals surface area contributed by atoms with Crippen molar-refractivity contribution in [2.45, 2.75) is 37.3 Å². The first-order chi connectivity index (χ1) is 10.1. The summed E-state index contributed by atoms with van der Waals surface area (Å²) in [7, 11) is -3.90. The molecule has 0 aromatic heterocycles. The molecule has 2 atom stereocenters. The fourth-order valence-corrected chi connectivity index (χ4v) is 3.93. The predicted molar refractivity (Wildman–Crippen MR) is 71.9 cm³/mol. The molecule has 1 aromatic carbocycles. The Hall–Kier alpha value is -1.32. The maximum atomic E-state index is 12.5. The average Bonchev–Trinajstić information content (AvgIpc) is 2.35. The number of rotatable bonds is 3. The van der Waals surface area contributed by atoms with Crippen LogP contribution < -0.4 is 4.74 Å². The number of nitrogens with zero attached hydrogens (tertiary/aromatic N) is 1. The van der Waals surface area contributed by atoms with Crippen LogP contribution in [0.15, 0.2) is 29.2 Å². The molecule has 1 aliphatic rings. The Labute approximate surface area is 126 Å². The third kappa shape index (κ3) is 4.11. The van der Waals surface area contributed by atoms with Crippen LogP contribution >= 0.6 is 0 Å². The number of alkyl halides is 3. The van der Waals surface area contributed by atoms with Gasteiger partial charge in [-0.1, -0.05) is 6.07 Å². The molecule has 0 aliphatic carbocycles. The minimum atomic E-state index is -4.87. The van der Waals surface area contributed by atoms with Gasteiger partial charge in [-0.2, -0.15) is 4.31 Å². The Morgan fingerprint density at radius 2 is 1.82 bits per heavy atom. The zero-order valence-electron chi connectivity index (χ0n) is 12.0. The molecule has 1 heterocycles. The first-order valence-electron chi connectivity index (χ1n) is 6.59. The largest absolute Gasteiger partial charge is 0.573 e. The number of benzene rings is 1. The van der Waals surface area contributed by atoms with Crippen molar-refractivity contribution < 1.29 is 31.1 Å². The van der Waals surface area contributed by atoms with Crippen LogP contribution in [0.4, 0.5) is 13.2 Å². The highest BCUT2D eigenvalue weighted by atomic mass is 32.2. The van der Waals surface area contributed by atoms with Gasteiger partial charge >= 0.3 is 6.36 Å². The van der Waals surface area contributed by atoms with Crippen LogP contribution in [0.25, 0.3) is 0 Å². The van der Waals surface area contributed by atoms with E-state index in [-0.39, 0.29) is 30.2 Å². The van der Waals surface area contributed by atoms with Gasteiger partial charge in [-0.25, -0.2) is 8.42 Å². The number of sulfonamides is 1. The molecule has 22 heavy (non-hydrogen) atoms. The summed E-state index contributed by atoms with van der Waals surface area (Å²) in [6.45, 7) is 3.77. The lowest BCUT2D eigenvalue weighted by atomic mass is 10.3. The van der Waals surface area contributed by atoms with Gasteiger partial charge in [0.1, 0.15) is 5.75 Å². The summed E-state index contributed by atoms with van der Waals surface area (Å²) < 4.78 is 72.2. The monoisotopic (exact) mass is 339 g/mol. The zero-order chi connectivity index (χ0) is 16.5. The maximum Gasteiger partial charge on any atom is 0.573 e. The second-order valence-corrected chi connectivity index (χ2v) is 7.04. The molecule has 0 radical (unpaired) electrons. The van der Waals surface area contributed by atoms with E-state index in [2.05, 4.69) is 4.74 Å². The van der Waals surface area contributed by atoms with E-state index in [1.165, 1.54) is 16.4 Å². The molecule has 5 nitrogen and oxygen atoms in total. The quantitative estimate of drug-likeness (QED) is 0.848. The molecule has 0 spiro atoms. The molecule has 0 amide bonds. The zero-order valence-corrected chi connectivity index (χ0v) is 12.8. The lowest BCUT2D eigenvalue weighted by Crippen LogP contribution is -2.48. The first kappa shape index (κ1) is 17.0. The molecule has 1 fully saturated rings. The van der Waals surface area contributed by atoms with Crippen LogP contribution in [0.3, 0.4) is 0 Å². The van der Waals surface area contributed by atoms with Gasteiger partial charge in [-0.15, -0.1) is 13.2 Å². The lowest BCUT2D eigenvalue weighted by Gasteiger charge is -2.34. The van der Waals surface area contributed by atoms with Gasteiger partial charge in [0.15, 0.2) is 0 Å². The minimum absolute atomic E-state index is 0.150. The second-order valence-electron chi connectivity index (χ2n) is 5.10. The second kappa shape index (κ2) is 6.05. The number of morpholine rings is 1. The number of halogens is 3. The Morgan fingerprint density at radius 1 is 1.23 bits per heavy atom. The van der Waals surface area contributed by atoms with E-state index in [0.29, 0.717) is 0 Å². The molecule has 124 valence electrons. The van der Waals surface area contributed by atoms with Crippen molar-refractivity contribution >= 4 is 10.0 Å². The first-order valence-corrected chi connectivity index (χ1v) is 8.03. The van der Waals surface area contributed by atoms with Gasteiger partial charge in [-0.05, 0) is 26.0 Å². The number of ether oxygens (including phenoxy) is 2.